The molecule has 0 radical (unpaired) electrons. The third kappa shape index (κ3) is 13.9. The molecule has 2 nitrogen and oxygen atoms in total. The van der Waals surface area contributed by atoms with Crippen LogP contribution in [0.2, 0.25) is 0 Å². The van der Waals surface area contributed by atoms with E-state index in [0.717, 1.165) is 5.92 Å². The average Bonchev–Trinajstić information content (AvgIpc) is 2.22. The molecular weight excluding hydrogens is 208 g/mol. The summed E-state index contributed by atoms with van der Waals surface area (Å²) in [7, 11) is 2.26. The van der Waals surface area contributed by atoms with Crippen molar-refractivity contribution in [1.29, 1.82) is 0 Å². The molecule has 0 spiro atoms. The molecule has 2 heteroatoms. The Bertz CT molecular complexity index is 155. The van der Waals surface area contributed by atoms with E-state index in [1.165, 1.54) is 51.7 Å². The van der Waals surface area contributed by atoms with Gasteiger partial charge >= 0.3 is 0 Å². The van der Waals surface area contributed by atoms with E-state index in [1.54, 1.807) is 0 Å². The van der Waals surface area contributed by atoms with Gasteiger partial charge in [0, 0.05) is 6.04 Å². The Hall–Kier alpha value is -0.0800. The zero-order valence-corrected chi connectivity index (χ0v) is 12.8. The van der Waals surface area contributed by atoms with Gasteiger partial charge in [0.1, 0.15) is 0 Å². The molecule has 0 aromatic carbocycles. The standard InChI is InChI=1S/C15H34N2/c1-14(2)10-9-13-17(5)12-8-6-7-11-16-15(3)4/h14-16H,6-13H2,1-5H3. The summed E-state index contributed by atoms with van der Waals surface area (Å²) in [4.78, 5) is 2.48. The fourth-order valence-electron chi connectivity index (χ4n) is 1.96. The Labute approximate surface area is 109 Å². The Morgan fingerprint density at radius 2 is 1.53 bits per heavy atom. The highest BCUT2D eigenvalue weighted by atomic mass is 15.1. The summed E-state index contributed by atoms with van der Waals surface area (Å²) in [5.74, 6) is 0.852. The molecule has 104 valence electrons. The second kappa shape index (κ2) is 11.0. The molecule has 0 aliphatic carbocycles. The number of unbranched alkanes of at least 4 members (excludes halogenated alkanes) is 2. The molecule has 0 aromatic heterocycles. The van der Waals surface area contributed by atoms with Crippen LogP contribution >= 0.6 is 0 Å². The lowest BCUT2D eigenvalue weighted by Crippen LogP contribution is -2.24. The topological polar surface area (TPSA) is 15.3 Å². The summed E-state index contributed by atoms with van der Waals surface area (Å²) in [6, 6.07) is 0.633. The number of nitrogens with one attached hydrogen (secondary N) is 1. The van der Waals surface area contributed by atoms with Gasteiger partial charge in [0.05, 0.1) is 0 Å². The van der Waals surface area contributed by atoms with Crippen molar-refractivity contribution in [3.05, 3.63) is 0 Å². The zero-order chi connectivity index (χ0) is 13.1. The molecule has 0 amide bonds. The average molecular weight is 242 g/mol. The Morgan fingerprint density at radius 3 is 2.12 bits per heavy atom. The lowest BCUT2D eigenvalue weighted by Gasteiger charge is -2.17. The van der Waals surface area contributed by atoms with E-state index in [1.807, 2.05) is 0 Å². The van der Waals surface area contributed by atoms with Crippen LogP contribution in [0.4, 0.5) is 0 Å². The summed E-state index contributed by atoms with van der Waals surface area (Å²) >= 11 is 0. The minimum absolute atomic E-state index is 0.633. The van der Waals surface area contributed by atoms with E-state index in [2.05, 4.69) is 45.0 Å². The van der Waals surface area contributed by atoms with Crippen LogP contribution < -0.4 is 5.32 Å². The summed E-state index contributed by atoms with van der Waals surface area (Å²) in [6.07, 6.45) is 6.73. The lowest BCUT2D eigenvalue weighted by atomic mass is 10.1. The van der Waals surface area contributed by atoms with Crippen molar-refractivity contribution in [2.24, 2.45) is 5.92 Å². The second-order valence-corrected chi connectivity index (χ2v) is 6.01. The van der Waals surface area contributed by atoms with Crippen LogP contribution in [0.1, 0.15) is 59.8 Å². The second-order valence-electron chi connectivity index (χ2n) is 6.01. The maximum Gasteiger partial charge on any atom is 0.00103 e. The van der Waals surface area contributed by atoms with Gasteiger partial charge in [0.25, 0.3) is 0 Å². The van der Waals surface area contributed by atoms with Gasteiger partial charge in [-0.05, 0) is 58.3 Å². The van der Waals surface area contributed by atoms with Crippen molar-refractivity contribution < 1.29 is 0 Å². The molecule has 1 N–H and O–H groups in total. The van der Waals surface area contributed by atoms with Crippen molar-refractivity contribution in [2.75, 3.05) is 26.7 Å². The first-order chi connectivity index (χ1) is 8.02. The van der Waals surface area contributed by atoms with Crippen LogP contribution in [0.5, 0.6) is 0 Å². The van der Waals surface area contributed by atoms with E-state index in [4.69, 9.17) is 0 Å². The molecule has 0 rings (SSSR count). The van der Waals surface area contributed by atoms with Gasteiger partial charge < -0.3 is 10.2 Å². The first kappa shape index (κ1) is 16.9. The molecule has 0 unspecified atom stereocenters. The van der Waals surface area contributed by atoms with Crippen LogP contribution in [-0.2, 0) is 0 Å². The van der Waals surface area contributed by atoms with Gasteiger partial charge in [-0.25, -0.2) is 0 Å². The lowest BCUT2D eigenvalue weighted by molar-refractivity contribution is 0.309. The van der Waals surface area contributed by atoms with Gasteiger partial charge in [0.2, 0.25) is 0 Å². The van der Waals surface area contributed by atoms with Crippen LogP contribution in [-0.4, -0.2) is 37.6 Å². The SMILES string of the molecule is CC(C)CCCN(C)CCCCCNC(C)C. The fraction of sp³-hybridized carbons (Fsp3) is 1.00. The summed E-state index contributed by atoms with van der Waals surface area (Å²) in [5, 5.41) is 3.47. The number of nitrogens with zero attached hydrogens (tertiary/aromatic N) is 1. The quantitative estimate of drug-likeness (QED) is 0.558. The molecule has 17 heavy (non-hydrogen) atoms. The van der Waals surface area contributed by atoms with Gasteiger partial charge in [-0.15, -0.1) is 0 Å². The van der Waals surface area contributed by atoms with E-state index in [-0.39, 0.29) is 0 Å². The maximum atomic E-state index is 3.47. The van der Waals surface area contributed by atoms with Crippen molar-refractivity contribution in [3.8, 4) is 0 Å². The number of rotatable bonds is 11. The maximum absolute atomic E-state index is 3.47. The predicted octanol–water partition coefficient (Wildman–Crippen LogP) is 3.52. The first-order valence-corrected chi connectivity index (χ1v) is 7.44. The summed E-state index contributed by atoms with van der Waals surface area (Å²) in [6.45, 7) is 12.7. The third-order valence-electron chi connectivity index (χ3n) is 3.09. The minimum Gasteiger partial charge on any atom is -0.315 e. The monoisotopic (exact) mass is 242 g/mol. The smallest absolute Gasteiger partial charge is 0.00103 e. The number of hydrogen-bond acceptors (Lipinski definition) is 2. The fourth-order valence-corrected chi connectivity index (χ4v) is 1.96. The molecule has 0 aromatic rings. The van der Waals surface area contributed by atoms with Crippen LogP contribution in [0, 0.1) is 5.92 Å². The molecule has 0 atom stereocenters. The molecule has 0 fully saturated rings. The predicted molar refractivity (Wildman–Crippen MR) is 78.6 cm³/mol. The Balaban J connectivity index is 3.19. The largest absolute Gasteiger partial charge is 0.315 e. The van der Waals surface area contributed by atoms with Crippen LogP contribution in [0.25, 0.3) is 0 Å². The van der Waals surface area contributed by atoms with Crippen molar-refractivity contribution in [1.82, 2.24) is 10.2 Å². The highest BCUT2D eigenvalue weighted by Crippen LogP contribution is 2.05. The third-order valence-corrected chi connectivity index (χ3v) is 3.09. The highest BCUT2D eigenvalue weighted by Gasteiger charge is 2.00. The highest BCUT2D eigenvalue weighted by molar-refractivity contribution is 4.56. The summed E-state index contributed by atoms with van der Waals surface area (Å²) in [5.41, 5.74) is 0. The van der Waals surface area contributed by atoms with Crippen molar-refractivity contribution >= 4 is 0 Å². The van der Waals surface area contributed by atoms with Crippen LogP contribution in [0.15, 0.2) is 0 Å². The molecule has 0 heterocycles. The van der Waals surface area contributed by atoms with E-state index >= 15 is 0 Å². The normalized spacial score (nSPS) is 12.0. The van der Waals surface area contributed by atoms with Gasteiger partial charge in [-0.3, -0.25) is 0 Å². The molecule has 0 aliphatic heterocycles. The Morgan fingerprint density at radius 1 is 0.882 bits per heavy atom. The minimum atomic E-state index is 0.633. The molecule has 0 saturated carbocycles. The summed E-state index contributed by atoms with van der Waals surface area (Å²) < 4.78 is 0. The van der Waals surface area contributed by atoms with Crippen molar-refractivity contribution in [2.45, 2.75) is 65.8 Å². The van der Waals surface area contributed by atoms with Crippen LogP contribution in [0.3, 0.4) is 0 Å². The first-order valence-electron chi connectivity index (χ1n) is 7.44. The van der Waals surface area contributed by atoms with Gasteiger partial charge in [-0.1, -0.05) is 34.1 Å². The molecule has 0 bridgehead atoms. The molecular formula is C15H34N2. The van der Waals surface area contributed by atoms with E-state index in [0.29, 0.717) is 6.04 Å². The van der Waals surface area contributed by atoms with E-state index in [9.17, 15) is 0 Å². The molecule has 0 aliphatic rings. The zero-order valence-electron chi connectivity index (χ0n) is 12.8. The van der Waals surface area contributed by atoms with Gasteiger partial charge in [0.15, 0.2) is 0 Å². The van der Waals surface area contributed by atoms with Gasteiger partial charge in [-0.2, -0.15) is 0 Å². The van der Waals surface area contributed by atoms with E-state index < -0.39 is 0 Å². The Kier molecular flexibility index (Phi) is 11.0. The number of hydrogen-bond donors (Lipinski definition) is 1. The van der Waals surface area contributed by atoms with Crippen molar-refractivity contribution in [3.63, 3.8) is 0 Å². The molecule has 0 saturated heterocycles.